The van der Waals surface area contributed by atoms with E-state index in [0.717, 1.165) is 18.1 Å². The Hall–Kier alpha value is -2.91. The van der Waals surface area contributed by atoms with Crippen LogP contribution < -0.4 is 0 Å². The number of ether oxygens (including phenoxy) is 1. The normalized spacial score (nSPS) is 19.4. The zero-order valence-electron chi connectivity index (χ0n) is 17.1. The zero-order chi connectivity index (χ0) is 24.9. The van der Waals surface area contributed by atoms with Crippen molar-refractivity contribution in [2.75, 3.05) is 21.2 Å². The van der Waals surface area contributed by atoms with Crippen LogP contribution in [0.1, 0.15) is 23.2 Å². The fraction of sp³-hybridized carbons (Fsp3) is 0.368. The minimum absolute atomic E-state index is 0.344. The van der Waals surface area contributed by atoms with Crippen molar-refractivity contribution in [1.29, 1.82) is 5.26 Å². The summed E-state index contributed by atoms with van der Waals surface area (Å²) in [4.78, 5) is 17.9. The van der Waals surface area contributed by atoms with Crippen molar-refractivity contribution in [1.82, 2.24) is 14.7 Å². The molecule has 14 heteroatoms. The second kappa shape index (κ2) is 8.14. The van der Waals surface area contributed by atoms with Crippen LogP contribution in [0, 0.1) is 11.3 Å². The minimum atomic E-state index is -4.77. The Morgan fingerprint density at radius 3 is 2.27 bits per heavy atom. The van der Waals surface area contributed by atoms with Gasteiger partial charge < -0.3 is 9.64 Å². The van der Waals surface area contributed by atoms with E-state index in [4.69, 9.17) is 23.2 Å². The molecule has 1 saturated carbocycles. The summed E-state index contributed by atoms with van der Waals surface area (Å²) < 4.78 is 73.8. The Labute approximate surface area is 193 Å². The Bertz CT molecular complexity index is 1180. The van der Waals surface area contributed by atoms with E-state index in [2.05, 4.69) is 14.8 Å². The van der Waals surface area contributed by atoms with Gasteiger partial charge in [0.05, 0.1) is 34.6 Å². The number of aliphatic imine (C=N–C) groups is 1. The van der Waals surface area contributed by atoms with Crippen LogP contribution in [0.25, 0.3) is 5.69 Å². The van der Waals surface area contributed by atoms with Crippen LogP contribution in [0.15, 0.2) is 17.1 Å². The van der Waals surface area contributed by atoms with E-state index in [1.54, 1.807) is 20.2 Å². The van der Waals surface area contributed by atoms with Gasteiger partial charge in [0.1, 0.15) is 11.8 Å². The van der Waals surface area contributed by atoms with Gasteiger partial charge in [-0.1, -0.05) is 23.2 Å². The summed E-state index contributed by atoms with van der Waals surface area (Å²) in [5, 5.41) is 12.4. The van der Waals surface area contributed by atoms with Crippen molar-refractivity contribution in [3.8, 4) is 11.8 Å². The number of nitrogens with zero attached hydrogens (tertiary/aromatic N) is 5. The third-order valence-electron chi connectivity index (χ3n) is 4.88. The lowest BCUT2D eigenvalue weighted by Crippen LogP contribution is -2.29. The first-order valence-electron chi connectivity index (χ1n) is 8.98. The largest absolute Gasteiger partial charge is 0.468 e. The maximum atomic E-state index is 14.5. The topological polar surface area (TPSA) is 83.5 Å². The maximum Gasteiger partial charge on any atom is 0.416 e. The first-order valence-corrected chi connectivity index (χ1v) is 9.74. The number of hydrogen-bond donors (Lipinski definition) is 0. The highest BCUT2D eigenvalue weighted by Crippen LogP contribution is 2.64. The summed E-state index contributed by atoms with van der Waals surface area (Å²) in [6.45, 7) is 0. The van der Waals surface area contributed by atoms with Crippen LogP contribution in [0.2, 0.25) is 10.0 Å². The van der Waals surface area contributed by atoms with Gasteiger partial charge >= 0.3 is 12.1 Å². The molecule has 0 saturated heterocycles. The van der Waals surface area contributed by atoms with E-state index in [1.807, 2.05) is 0 Å². The monoisotopic (exact) mass is 509 g/mol. The molecule has 1 aliphatic carbocycles. The summed E-state index contributed by atoms with van der Waals surface area (Å²) in [7, 11) is 4.01. The van der Waals surface area contributed by atoms with E-state index in [1.165, 1.54) is 4.90 Å². The van der Waals surface area contributed by atoms with Crippen LogP contribution in [-0.4, -0.2) is 54.1 Å². The third kappa shape index (κ3) is 4.00. The Morgan fingerprint density at radius 2 is 1.88 bits per heavy atom. The lowest BCUT2D eigenvalue weighted by atomic mass is 9.94. The summed E-state index contributed by atoms with van der Waals surface area (Å²) in [6, 6.07) is 2.76. The van der Waals surface area contributed by atoms with Crippen molar-refractivity contribution >= 4 is 41.3 Å². The Kier molecular flexibility index (Phi) is 6.10. The van der Waals surface area contributed by atoms with Crippen molar-refractivity contribution in [3.63, 3.8) is 0 Å². The van der Waals surface area contributed by atoms with E-state index in [9.17, 15) is 32.0 Å². The van der Waals surface area contributed by atoms with Crippen LogP contribution in [0.4, 0.5) is 27.8 Å². The molecule has 7 nitrogen and oxygen atoms in total. The molecular weight excluding hydrogens is 496 g/mol. The molecule has 1 atom stereocenters. The highest BCUT2D eigenvalue weighted by Gasteiger charge is 2.79. The average Bonchev–Trinajstić information content (AvgIpc) is 3.11. The number of carbonyl (C=O) groups excluding carboxylic acids is 1. The van der Waals surface area contributed by atoms with Gasteiger partial charge in [-0.05, 0) is 12.1 Å². The standard InChI is InChI=1S/C19H14Cl2F5N5O2/c1-30(2)8-28-15-13(17(16(32)33-3)7-18(17,22)23)12(6-27)29-31(15)14-10(20)4-9(5-11(14)21)19(24,25)26/h4-5,8H,7H2,1-3H3/b28-8+. The fourth-order valence-electron chi connectivity index (χ4n) is 3.32. The zero-order valence-corrected chi connectivity index (χ0v) is 18.6. The molecule has 1 heterocycles. The molecule has 33 heavy (non-hydrogen) atoms. The molecule has 2 aromatic rings. The fourth-order valence-corrected chi connectivity index (χ4v) is 3.96. The SMILES string of the molecule is COC(=O)C1(c2c(C#N)nn(-c3c(Cl)cc(C(F)(F)F)cc3Cl)c2/N=C/N(C)C)CC1(F)F. The summed E-state index contributed by atoms with van der Waals surface area (Å²) in [6.07, 6.45) is -4.59. The first-order chi connectivity index (χ1) is 15.2. The molecule has 0 radical (unpaired) electrons. The number of carbonyl (C=O) groups is 1. The molecule has 1 fully saturated rings. The molecule has 1 unspecified atom stereocenters. The second-order valence-electron chi connectivity index (χ2n) is 7.34. The average molecular weight is 510 g/mol. The number of rotatable bonds is 5. The molecular formula is C19H14Cl2F5N5O2. The third-order valence-corrected chi connectivity index (χ3v) is 5.46. The van der Waals surface area contributed by atoms with Gasteiger partial charge in [-0.15, -0.1) is 0 Å². The Balaban J connectivity index is 2.39. The predicted molar refractivity (Wildman–Crippen MR) is 108 cm³/mol. The van der Waals surface area contributed by atoms with Crippen molar-refractivity contribution in [3.05, 3.63) is 39.0 Å². The minimum Gasteiger partial charge on any atom is -0.468 e. The summed E-state index contributed by atoms with van der Waals surface area (Å²) >= 11 is 12.1. The number of alkyl halides is 5. The summed E-state index contributed by atoms with van der Waals surface area (Å²) in [5.74, 6) is -5.35. The quantitative estimate of drug-likeness (QED) is 0.251. The van der Waals surface area contributed by atoms with Gasteiger partial charge in [-0.25, -0.2) is 18.5 Å². The smallest absolute Gasteiger partial charge is 0.416 e. The van der Waals surface area contributed by atoms with Gasteiger partial charge in [-0.2, -0.15) is 23.5 Å². The van der Waals surface area contributed by atoms with E-state index < -0.39 is 62.6 Å². The lowest BCUT2D eigenvalue weighted by Gasteiger charge is -2.16. The molecule has 0 amide bonds. The molecule has 0 spiro atoms. The molecule has 176 valence electrons. The first kappa shape index (κ1) is 24.7. The van der Waals surface area contributed by atoms with Crippen LogP contribution in [0.3, 0.4) is 0 Å². The molecule has 1 aromatic heterocycles. The molecule has 3 rings (SSSR count). The van der Waals surface area contributed by atoms with Crippen LogP contribution in [-0.2, 0) is 21.1 Å². The highest BCUT2D eigenvalue weighted by atomic mass is 35.5. The van der Waals surface area contributed by atoms with Crippen LogP contribution >= 0.6 is 23.2 Å². The number of benzene rings is 1. The predicted octanol–water partition coefficient (Wildman–Crippen LogP) is 4.74. The second-order valence-corrected chi connectivity index (χ2v) is 8.16. The molecule has 0 N–H and O–H groups in total. The number of nitriles is 1. The van der Waals surface area contributed by atoms with Crippen molar-refractivity contribution < 1.29 is 31.5 Å². The van der Waals surface area contributed by atoms with Crippen LogP contribution in [0.5, 0.6) is 0 Å². The van der Waals surface area contributed by atoms with E-state index >= 15 is 0 Å². The number of hydrogen-bond acceptors (Lipinski definition) is 5. The van der Waals surface area contributed by atoms with E-state index in [-0.39, 0.29) is 5.69 Å². The van der Waals surface area contributed by atoms with Gasteiger partial charge in [0.15, 0.2) is 16.9 Å². The van der Waals surface area contributed by atoms with Crippen molar-refractivity contribution in [2.24, 2.45) is 4.99 Å². The van der Waals surface area contributed by atoms with Gasteiger partial charge in [-0.3, -0.25) is 4.79 Å². The highest BCUT2D eigenvalue weighted by molar-refractivity contribution is 6.38. The Morgan fingerprint density at radius 1 is 1.33 bits per heavy atom. The molecule has 1 aromatic carbocycles. The molecule has 0 aliphatic heterocycles. The number of aromatic nitrogens is 2. The molecule has 0 bridgehead atoms. The van der Waals surface area contributed by atoms with E-state index in [0.29, 0.717) is 12.1 Å². The number of esters is 1. The van der Waals surface area contributed by atoms with Crippen molar-refractivity contribution in [2.45, 2.75) is 23.9 Å². The summed E-state index contributed by atoms with van der Waals surface area (Å²) in [5.41, 5.74) is -5.23. The maximum absolute atomic E-state index is 14.5. The van der Waals surface area contributed by atoms with Gasteiger partial charge in [0.25, 0.3) is 5.92 Å². The number of halogens is 7. The lowest BCUT2D eigenvalue weighted by molar-refractivity contribution is -0.146. The van der Waals surface area contributed by atoms with Gasteiger partial charge in [0.2, 0.25) is 0 Å². The number of methoxy groups -OCH3 is 1. The van der Waals surface area contributed by atoms with Gasteiger partial charge in [0, 0.05) is 20.5 Å². The molecule has 1 aliphatic rings.